The molecule has 0 aliphatic carbocycles. The van der Waals surface area contributed by atoms with Crippen LogP contribution in [0.4, 0.5) is 5.69 Å². The number of hydrogen-bond acceptors (Lipinski definition) is 5. The number of ether oxygens (including phenoxy) is 1. The SMILES string of the molecule is O=C(/C=C/C1=C(c2ccc3nccn3c2)C=CNC1)Nc1ccc(CN2CCOCC2)cc1. The summed E-state index contributed by atoms with van der Waals surface area (Å²) < 4.78 is 7.40. The average Bonchev–Trinajstić information content (AvgIpc) is 3.33. The number of benzene rings is 1. The number of hydrogen-bond donors (Lipinski definition) is 2. The van der Waals surface area contributed by atoms with Crippen molar-refractivity contribution in [2.24, 2.45) is 0 Å². The maximum Gasteiger partial charge on any atom is 0.248 e. The van der Waals surface area contributed by atoms with Gasteiger partial charge in [-0.05, 0) is 58.8 Å². The van der Waals surface area contributed by atoms with E-state index in [0.717, 1.165) is 60.9 Å². The topological polar surface area (TPSA) is 70.9 Å². The molecule has 4 heterocycles. The molecular formula is C26H27N5O2. The van der Waals surface area contributed by atoms with Crippen molar-refractivity contribution in [2.75, 3.05) is 38.2 Å². The summed E-state index contributed by atoms with van der Waals surface area (Å²) >= 11 is 0. The first-order valence-corrected chi connectivity index (χ1v) is 11.2. The summed E-state index contributed by atoms with van der Waals surface area (Å²) in [4.78, 5) is 19.2. The Labute approximate surface area is 193 Å². The molecule has 33 heavy (non-hydrogen) atoms. The highest BCUT2D eigenvalue weighted by Crippen LogP contribution is 2.23. The molecule has 0 bridgehead atoms. The van der Waals surface area contributed by atoms with Crippen LogP contribution in [-0.4, -0.2) is 53.0 Å². The zero-order valence-corrected chi connectivity index (χ0v) is 18.4. The standard InChI is InChI=1S/C26H27N5O2/c32-26(29-23-5-1-20(2-6-23)18-30-13-15-33-16-14-30)8-4-21-17-27-10-9-24(21)22-3-7-25-28-11-12-31(25)19-22/h1-12,19,27H,13-18H2,(H,29,32)/b8-4+. The summed E-state index contributed by atoms with van der Waals surface area (Å²) in [5.74, 6) is -0.151. The molecule has 7 heteroatoms. The molecule has 168 valence electrons. The summed E-state index contributed by atoms with van der Waals surface area (Å²) in [7, 11) is 0. The highest BCUT2D eigenvalue weighted by atomic mass is 16.5. The molecule has 5 rings (SSSR count). The smallest absolute Gasteiger partial charge is 0.248 e. The van der Waals surface area contributed by atoms with E-state index < -0.39 is 0 Å². The lowest BCUT2D eigenvalue weighted by molar-refractivity contribution is -0.111. The minimum atomic E-state index is -0.151. The molecule has 3 aromatic rings. The Balaban J connectivity index is 1.24. The molecule has 2 N–H and O–H groups in total. The van der Waals surface area contributed by atoms with Crippen LogP contribution in [0.25, 0.3) is 11.2 Å². The Kier molecular flexibility index (Phi) is 6.32. The number of nitrogens with one attached hydrogen (secondary N) is 2. The number of pyridine rings is 1. The maximum atomic E-state index is 12.5. The fourth-order valence-corrected chi connectivity index (χ4v) is 4.09. The second-order valence-electron chi connectivity index (χ2n) is 8.17. The normalized spacial score (nSPS) is 17.0. The number of amides is 1. The Morgan fingerprint density at radius 1 is 1.15 bits per heavy atom. The lowest BCUT2D eigenvalue weighted by Crippen LogP contribution is -2.35. The largest absolute Gasteiger partial charge is 0.387 e. The van der Waals surface area contributed by atoms with Gasteiger partial charge in [0.15, 0.2) is 0 Å². The van der Waals surface area contributed by atoms with Gasteiger partial charge >= 0.3 is 0 Å². The molecule has 1 saturated heterocycles. The van der Waals surface area contributed by atoms with Crippen molar-refractivity contribution < 1.29 is 9.53 Å². The lowest BCUT2D eigenvalue weighted by atomic mass is 9.98. The van der Waals surface area contributed by atoms with Crippen LogP contribution < -0.4 is 10.6 Å². The molecule has 2 aromatic heterocycles. The predicted octanol–water partition coefficient (Wildman–Crippen LogP) is 3.23. The number of carbonyl (C=O) groups is 1. The monoisotopic (exact) mass is 441 g/mol. The van der Waals surface area contributed by atoms with Crippen molar-refractivity contribution in [2.45, 2.75) is 6.54 Å². The number of dihydropyridines is 1. The molecule has 0 unspecified atom stereocenters. The van der Waals surface area contributed by atoms with Crippen LogP contribution in [-0.2, 0) is 16.1 Å². The number of imidazole rings is 1. The van der Waals surface area contributed by atoms with Crippen LogP contribution in [0.15, 0.2) is 85.0 Å². The quantitative estimate of drug-likeness (QED) is 0.575. The van der Waals surface area contributed by atoms with Gasteiger partial charge in [-0.2, -0.15) is 0 Å². The third-order valence-corrected chi connectivity index (χ3v) is 5.87. The number of allylic oxidation sites excluding steroid dienone is 2. The van der Waals surface area contributed by atoms with Crippen LogP contribution in [0.2, 0.25) is 0 Å². The molecule has 1 fully saturated rings. The van der Waals surface area contributed by atoms with Gasteiger partial charge in [0, 0.05) is 56.5 Å². The van der Waals surface area contributed by atoms with Gasteiger partial charge in [-0.15, -0.1) is 0 Å². The van der Waals surface area contributed by atoms with E-state index in [-0.39, 0.29) is 5.91 Å². The predicted molar refractivity (Wildman–Crippen MR) is 130 cm³/mol. The maximum absolute atomic E-state index is 12.5. The van der Waals surface area contributed by atoms with Gasteiger partial charge in [0.2, 0.25) is 5.91 Å². The third kappa shape index (κ3) is 5.22. The molecule has 0 atom stereocenters. The van der Waals surface area contributed by atoms with Gasteiger partial charge in [0.05, 0.1) is 13.2 Å². The number of morpholine rings is 1. The van der Waals surface area contributed by atoms with Crippen molar-refractivity contribution in [1.82, 2.24) is 19.6 Å². The van der Waals surface area contributed by atoms with Crippen molar-refractivity contribution >= 4 is 22.8 Å². The Morgan fingerprint density at radius 3 is 2.85 bits per heavy atom. The van der Waals surface area contributed by atoms with E-state index in [1.807, 2.05) is 47.1 Å². The van der Waals surface area contributed by atoms with Crippen LogP contribution in [0, 0.1) is 0 Å². The molecule has 2 aliphatic heterocycles. The van der Waals surface area contributed by atoms with Gasteiger partial charge in [-0.3, -0.25) is 9.69 Å². The van der Waals surface area contributed by atoms with E-state index in [1.54, 1.807) is 12.3 Å². The molecule has 7 nitrogen and oxygen atoms in total. The first kappa shape index (κ1) is 21.2. The molecule has 0 saturated carbocycles. The summed E-state index contributed by atoms with van der Waals surface area (Å²) in [6.45, 7) is 5.07. The fraction of sp³-hybridized carbons (Fsp3) is 0.231. The van der Waals surface area contributed by atoms with Crippen molar-refractivity contribution in [3.8, 4) is 0 Å². The van der Waals surface area contributed by atoms with Gasteiger partial charge in [0.25, 0.3) is 0 Å². The highest BCUT2D eigenvalue weighted by molar-refractivity contribution is 6.00. The first-order valence-electron chi connectivity index (χ1n) is 11.2. The summed E-state index contributed by atoms with van der Waals surface area (Å²) in [5, 5.41) is 6.18. The molecule has 1 aromatic carbocycles. The number of nitrogens with zero attached hydrogens (tertiary/aromatic N) is 3. The number of rotatable bonds is 6. The highest BCUT2D eigenvalue weighted by Gasteiger charge is 2.11. The van der Waals surface area contributed by atoms with Crippen molar-refractivity contribution in [1.29, 1.82) is 0 Å². The van der Waals surface area contributed by atoms with Gasteiger partial charge in [-0.25, -0.2) is 4.98 Å². The van der Waals surface area contributed by atoms with Gasteiger partial charge in [-0.1, -0.05) is 18.2 Å². The van der Waals surface area contributed by atoms with Crippen LogP contribution in [0.1, 0.15) is 11.1 Å². The number of carbonyl (C=O) groups excluding carboxylic acids is 1. The van der Waals surface area contributed by atoms with Crippen molar-refractivity contribution in [3.63, 3.8) is 0 Å². The first-order chi connectivity index (χ1) is 16.2. The van der Waals surface area contributed by atoms with Crippen LogP contribution in [0.5, 0.6) is 0 Å². The molecule has 1 amide bonds. The average molecular weight is 442 g/mol. The molecule has 2 aliphatic rings. The molecule has 0 spiro atoms. The van der Waals surface area contributed by atoms with Crippen molar-refractivity contribution in [3.05, 3.63) is 96.1 Å². The van der Waals surface area contributed by atoms with E-state index in [1.165, 1.54) is 5.56 Å². The van der Waals surface area contributed by atoms with E-state index in [2.05, 4.69) is 44.9 Å². The zero-order chi connectivity index (χ0) is 22.5. The lowest BCUT2D eigenvalue weighted by Gasteiger charge is -2.26. The van der Waals surface area contributed by atoms with Gasteiger partial charge < -0.3 is 19.8 Å². The number of fused-ring (bicyclic) bond motifs is 1. The Bertz CT molecular complexity index is 1220. The minimum absolute atomic E-state index is 0.151. The number of aromatic nitrogens is 2. The van der Waals surface area contributed by atoms with E-state index >= 15 is 0 Å². The molecule has 0 radical (unpaired) electrons. The summed E-state index contributed by atoms with van der Waals surface area (Å²) in [6.07, 6.45) is 13.2. The van der Waals surface area contributed by atoms with Crippen LogP contribution >= 0.6 is 0 Å². The van der Waals surface area contributed by atoms with E-state index in [0.29, 0.717) is 6.54 Å². The second-order valence-corrected chi connectivity index (χ2v) is 8.17. The number of anilines is 1. The second kappa shape index (κ2) is 9.85. The third-order valence-electron chi connectivity index (χ3n) is 5.87. The van der Waals surface area contributed by atoms with E-state index in [9.17, 15) is 4.79 Å². The molecular weight excluding hydrogens is 414 g/mol. The zero-order valence-electron chi connectivity index (χ0n) is 18.4. The summed E-state index contributed by atoms with van der Waals surface area (Å²) in [5.41, 5.74) is 6.14. The minimum Gasteiger partial charge on any atom is -0.387 e. The van der Waals surface area contributed by atoms with Crippen LogP contribution in [0.3, 0.4) is 0 Å². The van der Waals surface area contributed by atoms with Gasteiger partial charge in [0.1, 0.15) is 5.65 Å². The fourth-order valence-electron chi connectivity index (χ4n) is 4.09. The summed E-state index contributed by atoms with van der Waals surface area (Å²) in [6, 6.07) is 12.1. The Morgan fingerprint density at radius 2 is 2.00 bits per heavy atom. The Hall–Kier alpha value is -3.68. The van der Waals surface area contributed by atoms with E-state index in [4.69, 9.17) is 4.74 Å².